The van der Waals surface area contributed by atoms with Gasteiger partial charge in [-0.25, -0.2) is 4.39 Å². The van der Waals surface area contributed by atoms with Gasteiger partial charge in [0.2, 0.25) is 11.8 Å². The fourth-order valence-electron chi connectivity index (χ4n) is 4.19. The molecule has 1 fully saturated rings. The Labute approximate surface area is 218 Å². The smallest absolute Gasteiger partial charge is 0.240 e. The second kappa shape index (κ2) is 10.1. The van der Waals surface area contributed by atoms with Crippen molar-refractivity contribution in [3.05, 3.63) is 83.3 Å². The van der Waals surface area contributed by atoms with Gasteiger partial charge in [0.15, 0.2) is 11.5 Å². The van der Waals surface area contributed by atoms with Crippen molar-refractivity contribution in [3.63, 3.8) is 0 Å². The van der Waals surface area contributed by atoms with Crippen molar-refractivity contribution in [2.24, 2.45) is 5.41 Å². The molecule has 9 nitrogen and oxygen atoms in total. The second-order valence-electron chi connectivity index (χ2n) is 8.98. The number of benzene rings is 3. The summed E-state index contributed by atoms with van der Waals surface area (Å²) < 4.78 is 29.8. The van der Waals surface area contributed by atoms with Gasteiger partial charge in [-0.2, -0.15) is 0 Å². The van der Waals surface area contributed by atoms with E-state index in [9.17, 15) is 19.2 Å². The SMILES string of the molecule is COc1cc2c(cc1OC)N([O-])CC=C2Oc1ccc(NC(=O)C2(C(=O)Nc3ccc(F)cc3)CC2)cc1. The van der Waals surface area contributed by atoms with E-state index in [0.29, 0.717) is 58.5 Å². The van der Waals surface area contributed by atoms with Crippen LogP contribution in [0.2, 0.25) is 0 Å². The van der Waals surface area contributed by atoms with E-state index in [1.165, 1.54) is 38.5 Å². The molecular formula is C28H25FN3O6-. The van der Waals surface area contributed by atoms with Gasteiger partial charge in [0.1, 0.15) is 22.7 Å². The molecule has 0 saturated heterocycles. The Balaban J connectivity index is 1.25. The minimum absolute atomic E-state index is 0.105. The number of halogens is 1. The van der Waals surface area contributed by atoms with Crippen LogP contribution < -0.4 is 29.9 Å². The Morgan fingerprint density at radius 2 is 1.45 bits per heavy atom. The van der Waals surface area contributed by atoms with Crippen LogP contribution in [0.25, 0.3) is 5.76 Å². The zero-order chi connectivity index (χ0) is 26.9. The van der Waals surface area contributed by atoms with Gasteiger partial charge >= 0.3 is 0 Å². The Bertz CT molecular complexity index is 1400. The number of methoxy groups -OCH3 is 2. The maximum absolute atomic E-state index is 13.1. The first-order valence-electron chi connectivity index (χ1n) is 11.9. The molecule has 0 atom stereocenters. The fourth-order valence-corrected chi connectivity index (χ4v) is 4.19. The molecule has 2 N–H and O–H groups in total. The molecule has 1 aliphatic carbocycles. The molecule has 0 bridgehead atoms. The molecule has 3 aromatic rings. The van der Waals surface area contributed by atoms with Gasteiger partial charge in [0.25, 0.3) is 0 Å². The van der Waals surface area contributed by atoms with Gasteiger partial charge in [0.05, 0.1) is 14.2 Å². The van der Waals surface area contributed by atoms with Crippen LogP contribution in [0.1, 0.15) is 18.4 Å². The summed E-state index contributed by atoms with van der Waals surface area (Å²) in [6.45, 7) is 0.105. The average molecular weight is 519 g/mol. The fraction of sp³-hybridized carbons (Fsp3) is 0.214. The number of carbonyl (C=O) groups is 2. The van der Waals surface area contributed by atoms with Gasteiger partial charge in [-0.15, -0.1) is 0 Å². The highest BCUT2D eigenvalue weighted by molar-refractivity contribution is 6.16. The number of carbonyl (C=O) groups excluding carboxylic acids is 2. The Kier molecular flexibility index (Phi) is 6.64. The van der Waals surface area contributed by atoms with Crippen molar-refractivity contribution >= 4 is 34.6 Å². The van der Waals surface area contributed by atoms with Gasteiger partial charge in [-0.1, -0.05) is 0 Å². The lowest BCUT2D eigenvalue weighted by Gasteiger charge is -2.35. The largest absolute Gasteiger partial charge is 0.758 e. The maximum atomic E-state index is 13.1. The average Bonchev–Trinajstić information content (AvgIpc) is 3.74. The lowest BCUT2D eigenvalue weighted by molar-refractivity contribution is -0.131. The van der Waals surface area contributed by atoms with Crippen LogP contribution in [0.4, 0.5) is 21.5 Å². The predicted molar refractivity (Wildman–Crippen MR) is 141 cm³/mol. The number of anilines is 3. The number of rotatable bonds is 8. The molecule has 1 heterocycles. The van der Waals surface area contributed by atoms with Gasteiger partial charge in [-0.05, 0) is 73.5 Å². The van der Waals surface area contributed by atoms with Crippen molar-refractivity contribution in [2.45, 2.75) is 12.8 Å². The third-order valence-electron chi connectivity index (χ3n) is 6.54. The molecule has 0 radical (unpaired) electrons. The number of nitrogens with one attached hydrogen (secondary N) is 2. The monoisotopic (exact) mass is 518 g/mol. The van der Waals surface area contributed by atoms with E-state index in [1.54, 1.807) is 42.5 Å². The van der Waals surface area contributed by atoms with Gasteiger partial charge in [0, 0.05) is 35.2 Å². The quantitative estimate of drug-likeness (QED) is 0.406. The van der Waals surface area contributed by atoms with Crippen molar-refractivity contribution in [2.75, 3.05) is 36.5 Å². The molecule has 38 heavy (non-hydrogen) atoms. The number of fused-ring (bicyclic) bond motifs is 1. The van der Waals surface area contributed by atoms with Crippen LogP contribution in [0.5, 0.6) is 17.2 Å². The lowest BCUT2D eigenvalue weighted by atomic mass is 10.0. The van der Waals surface area contributed by atoms with E-state index in [0.717, 1.165) is 5.06 Å². The van der Waals surface area contributed by atoms with Gasteiger partial charge in [-0.3, -0.25) is 9.59 Å². The summed E-state index contributed by atoms with van der Waals surface area (Å²) in [5.74, 6) is 0.629. The Morgan fingerprint density at radius 1 is 0.895 bits per heavy atom. The van der Waals surface area contributed by atoms with E-state index in [4.69, 9.17) is 14.2 Å². The molecule has 0 spiro atoms. The van der Waals surface area contributed by atoms with E-state index in [1.807, 2.05) is 0 Å². The first-order chi connectivity index (χ1) is 18.3. The summed E-state index contributed by atoms with van der Waals surface area (Å²) in [4.78, 5) is 25.7. The first kappa shape index (κ1) is 25.1. The summed E-state index contributed by atoms with van der Waals surface area (Å²) in [5, 5.41) is 18.7. The van der Waals surface area contributed by atoms with Crippen molar-refractivity contribution in [1.82, 2.24) is 0 Å². The van der Waals surface area contributed by atoms with Crippen LogP contribution in [-0.4, -0.2) is 32.6 Å². The van der Waals surface area contributed by atoms with E-state index < -0.39 is 23.0 Å². The minimum Gasteiger partial charge on any atom is -0.758 e. The molecule has 2 aliphatic rings. The number of hydrogen-bond acceptors (Lipinski definition) is 7. The van der Waals surface area contributed by atoms with Crippen molar-refractivity contribution in [3.8, 4) is 17.2 Å². The summed E-state index contributed by atoms with van der Waals surface area (Å²) in [7, 11) is 3.01. The molecule has 10 heteroatoms. The predicted octanol–water partition coefficient (Wildman–Crippen LogP) is 4.94. The van der Waals surface area contributed by atoms with Crippen LogP contribution in [0.15, 0.2) is 66.7 Å². The third kappa shape index (κ3) is 4.85. The van der Waals surface area contributed by atoms with E-state index in [-0.39, 0.29) is 6.54 Å². The molecule has 0 aromatic heterocycles. The third-order valence-corrected chi connectivity index (χ3v) is 6.54. The number of nitrogens with zero attached hydrogens (tertiary/aromatic N) is 1. The Hall–Kier alpha value is -4.57. The zero-order valence-electron chi connectivity index (χ0n) is 20.7. The van der Waals surface area contributed by atoms with Crippen molar-refractivity contribution in [1.29, 1.82) is 0 Å². The molecule has 2 amide bonds. The zero-order valence-corrected chi connectivity index (χ0v) is 20.7. The molecular weight excluding hydrogens is 493 g/mol. The molecule has 3 aromatic carbocycles. The summed E-state index contributed by atoms with van der Waals surface area (Å²) in [6, 6.07) is 15.4. The van der Waals surface area contributed by atoms with Crippen LogP contribution in [0, 0.1) is 16.4 Å². The molecule has 1 aliphatic heterocycles. The highest BCUT2D eigenvalue weighted by Gasteiger charge is 2.56. The van der Waals surface area contributed by atoms with Crippen molar-refractivity contribution < 1.29 is 28.2 Å². The molecule has 0 unspecified atom stereocenters. The first-order valence-corrected chi connectivity index (χ1v) is 11.9. The van der Waals surface area contributed by atoms with Crippen LogP contribution >= 0.6 is 0 Å². The minimum atomic E-state index is -1.16. The van der Waals surface area contributed by atoms with Crippen LogP contribution in [0.3, 0.4) is 0 Å². The Morgan fingerprint density at radius 3 is 2.00 bits per heavy atom. The number of hydroxylamine groups is 1. The highest BCUT2D eigenvalue weighted by Crippen LogP contribution is 2.47. The second-order valence-corrected chi connectivity index (χ2v) is 8.98. The molecule has 1 saturated carbocycles. The number of amides is 2. The summed E-state index contributed by atoms with van der Waals surface area (Å²) >= 11 is 0. The normalized spacial score (nSPS) is 15.1. The summed E-state index contributed by atoms with van der Waals surface area (Å²) in [6.07, 6.45) is 2.52. The van der Waals surface area contributed by atoms with Crippen LogP contribution in [-0.2, 0) is 9.59 Å². The maximum Gasteiger partial charge on any atom is 0.240 e. The topological polar surface area (TPSA) is 112 Å². The standard InChI is InChI=1S/C28H25FN3O6/c1-36-24-15-21-22(16-25(24)37-2)32(35)14-11-23(21)38-20-9-7-19(8-10-20)31-27(34)28(12-13-28)26(33)30-18-5-3-17(29)4-6-18/h3-11,15-16H,12-14H2,1-2H3,(H,30,33)(H,31,34)/q-1. The summed E-state index contributed by atoms with van der Waals surface area (Å²) in [5.41, 5.74) is 0.719. The number of hydrogen-bond donors (Lipinski definition) is 2. The molecule has 196 valence electrons. The lowest BCUT2D eigenvalue weighted by Crippen LogP contribution is -2.35. The van der Waals surface area contributed by atoms with Gasteiger partial charge < -0.3 is 35.1 Å². The number of ether oxygens (including phenoxy) is 3. The van der Waals surface area contributed by atoms with E-state index >= 15 is 0 Å². The highest BCUT2D eigenvalue weighted by atomic mass is 19.1. The van der Waals surface area contributed by atoms with E-state index in [2.05, 4.69) is 10.6 Å². The molecule has 5 rings (SSSR count).